The summed E-state index contributed by atoms with van der Waals surface area (Å²) >= 11 is 1.06. The van der Waals surface area contributed by atoms with Gasteiger partial charge in [-0.1, -0.05) is 45.1 Å². The predicted molar refractivity (Wildman–Crippen MR) is 143 cm³/mol. The molecule has 2 saturated heterocycles. The van der Waals surface area contributed by atoms with E-state index in [2.05, 4.69) is 22.3 Å². The Morgan fingerprint density at radius 1 is 1.10 bits per heavy atom. The lowest BCUT2D eigenvalue weighted by Crippen LogP contribution is -2.75. The number of carbonyl (C=O) groups excluding carboxylic acids is 6. The maximum absolute atomic E-state index is 13.2. The molecule has 3 atom stereocenters. The molecule has 1 aromatic rings. The minimum Gasteiger partial charge on any atom is -0.467 e. The highest BCUT2D eigenvalue weighted by Gasteiger charge is 2.58. The number of thiophene rings is 1. The van der Waals surface area contributed by atoms with Crippen LogP contribution in [0.25, 0.3) is 0 Å². The van der Waals surface area contributed by atoms with Gasteiger partial charge >= 0.3 is 34.1 Å². The molecule has 3 N–H and O–H groups in total. The average Bonchev–Trinajstić information content (AvgIpc) is 3.46. The smallest absolute Gasteiger partial charge is 0.363 e. The second kappa shape index (κ2) is 13.9. The van der Waals surface area contributed by atoms with Gasteiger partial charge in [0.25, 0.3) is 5.91 Å². The van der Waals surface area contributed by atoms with Crippen molar-refractivity contribution in [1.82, 2.24) is 24.7 Å². The standard InChI is InChI=1S/C24H33N5O10S2/c1-3-4-5-6-7-8-11-27-12-13-28(22(33)21(27)32)24(35)26-16(15-10-9-14-40-15)19(30)25-17-18(23(34)39-2)29(20(17)31)41(36,37)38/h9-10,14,16-18H,3-8,11-13H2,1-2H3,(H,25,30)(H,26,35)(H,36,37,38)/t16?,17-,18-/m1/s1. The molecule has 1 unspecified atom stereocenters. The number of carbonyl (C=O) groups is 6. The third-order valence-electron chi connectivity index (χ3n) is 6.73. The summed E-state index contributed by atoms with van der Waals surface area (Å²) in [6, 6.07) is -3.02. The fourth-order valence-electron chi connectivity index (χ4n) is 4.54. The molecule has 0 aliphatic carbocycles. The van der Waals surface area contributed by atoms with Crippen molar-refractivity contribution in [2.75, 3.05) is 26.7 Å². The zero-order chi connectivity index (χ0) is 30.3. The summed E-state index contributed by atoms with van der Waals surface area (Å²) in [7, 11) is -4.21. The number of nitrogens with zero attached hydrogens (tertiary/aromatic N) is 3. The molecular weight excluding hydrogens is 582 g/mol. The van der Waals surface area contributed by atoms with Crippen LogP contribution >= 0.6 is 11.3 Å². The Labute approximate surface area is 241 Å². The molecule has 2 fully saturated rings. The van der Waals surface area contributed by atoms with E-state index in [0.29, 0.717) is 11.4 Å². The first-order valence-corrected chi connectivity index (χ1v) is 15.3. The molecule has 41 heavy (non-hydrogen) atoms. The number of rotatable bonds is 13. The number of piperazine rings is 1. The number of imide groups is 1. The maximum Gasteiger partial charge on any atom is 0.363 e. The van der Waals surface area contributed by atoms with E-state index in [4.69, 9.17) is 0 Å². The van der Waals surface area contributed by atoms with Crippen molar-refractivity contribution in [3.8, 4) is 0 Å². The van der Waals surface area contributed by atoms with E-state index in [0.717, 1.165) is 57.0 Å². The van der Waals surface area contributed by atoms with E-state index in [-0.39, 0.29) is 22.3 Å². The van der Waals surface area contributed by atoms with Gasteiger partial charge in [-0.05, 0) is 17.9 Å². The summed E-state index contributed by atoms with van der Waals surface area (Å²) in [5.41, 5.74) is 0. The van der Waals surface area contributed by atoms with Crippen LogP contribution in [0.15, 0.2) is 17.5 Å². The molecule has 3 rings (SSSR count). The highest BCUT2D eigenvalue weighted by atomic mass is 32.2. The van der Waals surface area contributed by atoms with Gasteiger partial charge < -0.3 is 20.3 Å². The number of amides is 6. The van der Waals surface area contributed by atoms with Gasteiger partial charge in [0.15, 0.2) is 6.04 Å². The van der Waals surface area contributed by atoms with E-state index in [1.807, 2.05) is 0 Å². The molecule has 3 heterocycles. The van der Waals surface area contributed by atoms with E-state index in [1.54, 1.807) is 11.4 Å². The summed E-state index contributed by atoms with van der Waals surface area (Å²) < 4.78 is 36.7. The van der Waals surface area contributed by atoms with Crippen LogP contribution in [0, 0.1) is 0 Å². The first-order valence-electron chi connectivity index (χ1n) is 13.1. The van der Waals surface area contributed by atoms with Crippen molar-refractivity contribution >= 4 is 57.3 Å². The van der Waals surface area contributed by atoms with Gasteiger partial charge in [-0.15, -0.1) is 11.3 Å². The van der Waals surface area contributed by atoms with Crippen molar-refractivity contribution in [2.45, 2.75) is 63.6 Å². The Bertz CT molecular complexity index is 1270. The van der Waals surface area contributed by atoms with E-state index in [1.165, 1.54) is 11.0 Å². The van der Waals surface area contributed by atoms with Crippen molar-refractivity contribution in [2.24, 2.45) is 0 Å². The second-order valence-corrected chi connectivity index (χ2v) is 11.7. The van der Waals surface area contributed by atoms with Crippen molar-refractivity contribution in [3.63, 3.8) is 0 Å². The topological polar surface area (TPSA) is 200 Å². The van der Waals surface area contributed by atoms with Crippen molar-refractivity contribution in [1.29, 1.82) is 0 Å². The zero-order valence-corrected chi connectivity index (χ0v) is 24.2. The number of urea groups is 1. The monoisotopic (exact) mass is 615 g/mol. The van der Waals surface area contributed by atoms with Gasteiger partial charge in [0.2, 0.25) is 5.91 Å². The summed E-state index contributed by atoms with van der Waals surface area (Å²) in [4.78, 5) is 78.5. The number of nitrogens with one attached hydrogen (secondary N) is 2. The third kappa shape index (κ3) is 7.39. The van der Waals surface area contributed by atoms with Crippen molar-refractivity contribution < 1.29 is 46.5 Å². The quantitative estimate of drug-likeness (QED) is 0.0905. The number of hydrogen-bond donors (Lipinski definition) is 3. The van der Waals surface area contributed by atoms with Crippen LogP contribution in [0.5, 0.6) is 0 Å². The normalized spacial score (nSPS) is 20.0. The van der Waals surface area contributed by atoms with Crippen LogP contribution in [0.1, 0.15) is 56.4 Å². The summed E-state index contributed by atoms with van der Waals surface area (Å²) in [5, 5.41) is 6.19. The number of esters is 1. The fourth-order valence-corrected chi connectivity index (χ4v) is 6.15. The minimum absolute atomic E-state index is 0.0974. The van der Waals surface area contributed by atoms with Gasteiger partial charge in [-0.3, -0.25) is 28.6 Å². The number of hydrogen-bond acceptors (Lipinski definition) is 10. The number of unbranched alkanes of at least 4 members (excludes halogenated alkanes) is 5. The SMILES string of the molecule is CCCCCCCCN1CCN(C(=O)NC(C(=O)N[C@H]2C(=O)N(S(=O)(=O)O)[C@H]2C(=O)OC)c2cccs2)C(=O)C1=O. The van der Waals surface area contributed by atoms with Crippen LogP contribution in [0.4, 0.5) is 4.79 Å². The van der Waals surface area contributed by atoms with E-state index < -0.39 is 64.1 Å². The maximum atomic E-state index is 13.2. The molecule has 17 heteroatoms. The van der Waals surface area contributed by atoms with Crippen LogP contribution in [0.3, 0.4) is 0 Å². The Hall–Kier alpha value is -3.57. The number of ether oxygens (including phenoxy) is 1. The molecule has 2 aliphatic rings. The highest BCUT2D eigenvalue weighted by molar-refractivity contribution is 7.84. The molecule has 0 aromatic carbocycles. The summed E-state index contributed by atoms with van der Waals surface area (Å²) in [6.07, 6.45) is 6.05. The molecule has 6 amide bonds. The summed E-state index contributed by atoms with van der Waals surface area (Å²) in [5.74, 6) is -5.40. The van der Waals surface area contributed by atoms with Gasteiger partial charge in [0.05, 0.1) is 7.11 Å². The van der Waals surface area contributed by atoms with Crippen LogP contribution in [0.2, 0.25) is 0 Å². The first-order chi connectivity index (χ1) is 19.4. The van der Waals surface area contributed by atoms with Crippen LogP contribution in [-0.2, 0) is 39.0 Å². The fraction of sp³-hybridized carbons (Fsp3) is 0.583. The molecule has 1 aromatic heterocycles. The molecule has 0 saturated carbocycles. The molecular formula is C24H33N5O10S2. The Morgan fingerprint density at radius 2 is 1.78 bits per heavy atom. The number of methoxy groups -OCH3 is 1. The minimum atomic E-state index is -5.13. The Balaban J connectivity index is 1.66. The lowest BCUT2D eigenvalue weighted by molar-refractivity contribution is -0.162. The zero-order valence-electron chi connectivity index (χ0n) is 22.6. The predicted octanol–water partition coefficient (Wildman–Crippen LogP) is 0.202. The van der Waals surface area contributed by atoms with Gasteiger partial charge in [-0.25, -0.2) is 9.59 Å². The summed E-state index contributed by atoms with van der Waals surface area (Å²) in [6.45, 7) is 2.54. The van der Waals surface area contributed by atoms with Crippen molar-refractivity contribution in [3.05, 3.63) is 22.4 Å². The Morgan fingerprint density at radius 3 is 2.39 bits per heavy atom. The third-order valence-corrected chi connectivity index (χ3v) is 8.58. The van der Waals surface area contributed by atoms with E-state index in [9.17, 15) is 41.7 Å². The molecule has 0 spiro atoms. The molecule has 2 aliphatic heterocycles. The van der Waals surface area contributed by atoms with Crippen LogP contribution < -0.4 is 10.6 Å². The molecule has 0 bridgehead atoms. The lowest BCUT2D eigenvalue weighted by atomic mass is 9.98. The lowest BCUT2D eigenvalue weighted by Gasteiger charge is -2.42. The number of β-lactam (4-membered cyclic amide) rings is 1. The van der Waals surface area contributed by atoms with Gasteiger partial charge in [0, 0.05) is 24.5 Å². The molecule has 226 valence electrons. The first kappa shape index (κ1) is 32.0. The largest absolute Gasteiger partial charge is 0.467 e. The average molecular weight is 616 g/mol. The Kier molecular flexibility index (Phi) is 10.8. The van der Waals surface area contributed by atoms with Gasteiger partial charge in [-0.2, -0.15) is 12.7 Å². The molecule has 15 nitrogen and oxygen atoms in total. The van der Waals surface area contributed by atoms with E-state index >= 15 is 0 Å². The second-order valence-electron chi connectivity index (χ2n) is 9.48. The molecule has 0 radical (unpaired) electrons. The highest BCUT2D eigenvalue weighted by Crippen LogP contribution is 2.27. The van der Waals surface area contributed by atoms with Crippen LogP contribution in [-0.4, -0.2) is 102 Å². The van der Waals surface area contributed by atoms with Gasteiger partial charge in [0.1, 0.15) is 12.1 Å².